The number of aryl methyl sites for hydroxylation is 3. The summed E-state index contributed by atoms with van der Waals surface area (Å²) >= 11 is 1.66. The number of rotatable bonds is 5. The van der Waals surface area contributed by atoms with Gasteiger partial charge in [-0.3, -0.25) is 0 Å². The van der Waals surface area contributed by atoms with E-state index < -0.39 is 6.10 Å². The monoisotopic (exact) mass is 299 g/mol. The normalized spacial score (nSPS) is 12.5. The SMILES string of the molecule is Cc1nc(CCn2ccnc2C(O)c2ccccc2)cs1. The van der Waals surface area contributed by atoms with E-state index in [4.69, 9.17) is 0 Å². The predicted molar refractivity (Wildman–Crippen MR) is 83.3 cm³/mol. The average Bonchev–Trinajstić information content (AvgIpc) is 3.14. The quantitative estimate of drug-likeness (QED) is 0.788. The van der Waals surface area contributed by atoms with Gasteiger partial charge in [-0.1, -0.05) is 30.3 Å². The Kier molecular flexibility index (Phi) is 4.13. The van der Waals surface area contributed by atoms with Gasteiger partial charge in [-0.05, 0) is 12.5 Å². The summed E-state index contributed by atoms with van der Waals surface area (Å²) in [5.41, 5.74) is 1.95. The molecule has 1 N–H and O–H groups in total. The molecule has 0 aliphatic rings. The van der Waals surface area contributed by atoms with E-state index in [0.717, 1.165) is 29.2 Å². The molecule has 0 spiro atoms. The fourth-order valence-electron chi connectivity index (χ4n) is 2.30. The molecule has 0 fully saturated rings. The molecule has 0 radical (unpaired) electrons. The Labute approximate surface area is 127 Å². The highest BCUT2D eigenvalue weighted by Crippen LogP contribution is 2.20. The van der Waals surface area contributed by atoms with Gasteiger partial charge in [0.1, 0.15) is 11.9 Å². The molecule has 108 valence electrons. The van der Waals surface area contributed by atoms with E-state index in [1.165, 1.54) is 0 Å². The van der Waals surface area contributed by atoms with E-state index in [-0.39, 0.29) is 0 Å². The third-order valence-electron chi connectivity index (χ3n) is 3.38. The lowest BCUT2D eigenvalue weighted by molar-refractivity contribution is 0.204. The second-order valence-corrected chi connectivity index (χ2v) is 5.96. The number of benzene rings is 1. The number of hydrogen-bond acceptors (Lipinski definition) is 4. The van der Waals surface area contributed by atoms with Gasteiger partial charge in [0.25, 0.3) is 0 Å². The first-order valence-electron chi connectivity index (χ1n) is 6.89. The van der Waals surface area contributed by atoms with Crippen LogP contribution < -0.4 is 0 Å². The first-order valence-corrected chi connectivity index (χ1v) is 7.77. The number of thiazole rings is 1. The van der Waals surface area contributed by atoms with Crippen molar-refractivity contribution in [3.63, 3.8) is 0 Å². The molecule has 0 amide bonds. The van der Waals surface area contributed by atoms with Gasteiger partial charge < -0.3 is 9.67 Å². The summed E-state index contributed by atoms with van der Waals surface area (Å²) in [5.74, 6) is 0.674. The molecule has 0 saturated carbocycles. The third kappa shape index (κ3) is 3.20. The minimum atomic E-state index is -0.696. The molecule has 2 heterocycles. The van der Waals surface area contributed by atoms with Crippen molar-refractivity contribution in [1.82, 2.24) is 14.5 Å². The molecule has 0 aliphatic heterocycles. The third-order valence-corrected chi connectivity index (χ3v) is 4.21. The average molecular weight is 299 g/mol. The van der Waals surface area contributed by atoms with Crippen molar-refractivity contribution in [3.8, 4) is 0 Å². The zero-order valence-corrected chi connectivity index (χ0v) is 12.6. The maximum absolute atomic E-state index is 10.5. The number of aliphatic hydroxyl groups excluding tert-OH is 1. The van der Waals surface area contributed by atoms with Gasteiger partial charge in [-0.15, -0.1) is 11.3 Å². The van der Waals surface area contributed by atoms with Crippen LogP contribution >= 0.6 is 11.3 Å². The Morgan fingerprint density at radius 3 is 2.81 bits per heavy atom. The van der Waals surface area contributed by atoms with E-state index in [1.807, 2.05) is 48.0 Å². The summed E-state index contributed by atoms with van der Waals surface area (Å²) in [6.45, 7) is 2.78. The molecule has 0 aliphatic carbocycles. The summed E-state index contributed by atoms with van der Waals surface area (Å²) in [4.78, 5) is 8.77. The van der Waals surface area contributed by atoms with Crippen LogP contribution in [-0.2, 0) is 13.0 Å². The summed E-state index contributed by atoms with van der Waals surface area (Å²) in [5, 5.41) is 13.6. The van der Waals surface area contributed by atoms with Crippen LogP contribution in [0.5, 0.6) is 0 Å². The predicted octanol–water partition coefficient (Wildman–Crippen LogP) is 2.97. The first kappa shape index (κ1) is 14.0. The van der Waals surface area contributed by atoms with Crippen molar-refractivity contribution in [3.05, 3.63) is 70.2 Å². The molecule has 1 unspecified atom stereocenters. The molecule has 21 heavy (non-hydrogen) atoms. The van der Waals surface area contributed by atoms with Crippen LogP contribution in [0.4, 0.5) is 0 Å². The van der Waals surface area contributed by atoms with Gasteiger partial charge in [0, 0.05) is 30.7 Å². The van der Waals surface area contributed by atoms with Crippen LogP contribution in [0.2, 0.25) is 0 Å². The minimum absolute atomic E-state index is 0.674. The molecule has 0 saturated heterocycles. The molecule has 2 aromatic heterocycles. The van der Waals surface area contributed by atoms with Crippen LogP contribution in [-0.4, -0.2) is 19.6 Å². The molecule has 3 aromatic rings. The number of hydrogen-bond donors (Lipinski definition) is 1. The van der Waals surface area contributed by atoms with Gasteiger partial charge >= 0.3 is 0 Å². The molecule has 5 heteroatoms. The molecular weight excluding hydrogens is 282 g/mol. The second-order valence-electron chi connectivity index (χ2n) is 4.90. The van der Waals surface area contributed by atoms with Crippen LogP contribution in [0.25, 0.3) is 0 Å². The second kappa shape index (κ2) is 6.20. The van der Waals surface area contributed by atoms with Gasteiger partial charge in [0.2, 0.25) is 0 Å². The highest BCUT2D eigenvalue weighted by atomic mass is 32.1. The lowest BCUT2D eigenvalue weighted by Crippen LogP contribution is -2.11. The van der Waals surface area contributed by atoms with Gasteiger partial charge in [0.05, 0.1) is 10.7 Å². The zero-order chi connectivity index (χ0) is 14.7. The number of aromatic nitrogens is 3. The molecule has 0 bridgehead atoms. The fraction of sp³-hybridized carbons (Fsp3) is 0.250. The summed E-state index contributed by atoms with van der Waals surface area (Å²) in [6, 6.07) is 9.60. The molecule has 1 aromatic carbocycles. The smallest absolute Gasteiger partial charge is 0.142 e. The topological polar surface area (TPSA) is 50.9 Å². The Bertz CT molecular complexity index is 705. The molecule has 4 nitrogen and oxygen atoms in total. The van der Waals surface area contributed by atoms with Crippen molar-refractivity contribution >= 4 is 11.3 Å². The number of imidazole rings is 1. The molecule has 3 rings (SSSR count). The summed E-state index contributed by atoms with van der Waals surface area (Å²) < 4.78 is 1.99. The zero-order valence-electron chi connectivity index (χ0n) is 11.8. The van der Waals surface area contributed by atoms with E-state index in [2.05, 4.69) is 15.3 Å². The summed E-state index contributed by atoms with van der Waals surface area (Å²) in [6.07, 6.45) is 3.78. The van der Waals surface area contributed by atoms with E-state index in [0.29, 0.717) is 5.82 Å². The first-order chi connectivity index (χ1) is 10.2. The van der Waals surface area contributed by atoms with Crippen LogP contribution in [0, 0.1) is 6.92 Å². The van der Waals surface area contributed by atoms with E-state index in [9.17, 15) is 5.11 Å². The molecule has 1 atom stereocenters. The highest BCUT2D eigenvalue weighted by Gasteiger charge is 2.15. The van der Waals surface area contributed by atoms with E-state index in [1.54, 1.807) is 17.5 Å². The van der Waals surface area contributed by atoms with Crippen molar-refractivity contribution in [2.24, 2.45) is 0 Å². The Morgan fingerprint density at radius 1 is 1.29 bits per heavy atom. The van der Waals surface area contributed by atoms with Crippen LogP contribution in [0.3, 0.4) is 0 Å². The maximum atomic E-state index is 10.5. The molecular formula is C16H17N3OS. The Hall–Kier alpha value is -1.98. The van der Waals surface area contributed by atoms with Crippen molar-refractivity contribution in [1.29, 1.82) is 0 Å². The highest BCUT2D eigenvalue weighted by molar-refractivity contribution is 7.09. The van der Waals surface area contributed by atoms with Crippen LogP contribution in [0.15, 0.2) is 48.1 Å². The number of nitrogens with zero attached hydrogens (tertiary/aromatic N) is 3. The lowest BCUT2D eigenvalue weighted by atomic mass is 10.1. The standard InChI is InChI=1S/C16H17N3OS/c1-12-18-14(11-21-12)7-9-19-10-8-17-16(19)15(20)13-5-3-2-4-6-13/h2-6,8,10-11,15,20H,7,9H2,1H3. The lowest BCUT2D eigenvalue weighted by Gasteiger charge is -2.13. The van der Waals surface area contributed by atoms with Crippen molar-refractivity contribution < 1.29 is 5.11 Å². The van der Waals surface area contributed by atoms with E-state index >= 15 is 0 Å². The van der Waals surface area contributed by atoms with Gasteiger partial charge in [-0.2, -0.15) is 0 Å². The Balaban J connectivity index is 1.74. The van der Waals surface area contributed by atoms with Crippen molar-refractivity contribution in [2.75, 3.05) is 0 Å². The van der Waals surface area contributed by atoms with Gasteiger partial charge in [-0.25, -0.2) is 9.97 Å². The maximum Gasteiger partial charge on any atom is 0.142 e. The summed E-state index contributed by atoms with van der Waals surface area (Å²) in [7, 11) is 0. The Morgan fingerprint density at radius 2 is 2.10 bits per heavy atom. The minimum Gasteiger partial charge on any atom is -0.380 e. The number of aliphatic hydroxyl groups is 1. The van der Waals surface area contributed by atoms with Crippen molar-refractivity contribution in [2.45, 2.75) is 26.0 Å². The fourth-order valence-corrected chi connectivity index (χ4v) is 2.95. The van der Waals surface area contributed by atoms with Gasteiger partial charge in [0.15, 0.2) is 0 Å². The van der Waals surface area contributed by atoms with Crippen LogP contribution in [0.1, 0.15) is 28.2 Å². The largest absolute Gasteiger partial charge is 0.380 e.